The first kappa shape index (κ1) is 12.3. The van der Waals surface area contributed by atoms with Crippen molar-refractivity contribution < 1.29 is 0 Å². The lowest BCUT2D eigenvalue weighted by atomic mass is 10.0. The van der Waals surface area contributed by atoms with Crippen molar-refractivity contribution in [3.8, 4) is 0 Å². The topological polar surface area (TPSA) is 3.24 Å². The second-order valence-electron chi connectivity index (χ2n) is 4.74. The van der Waals surface area contributed by atoms with Crippen LogP contribution in [0.15, 0.2) is 18.2 Å². The fourth-order valence-electron chi connectivity index (χ4n) is 1.52. The zero-order chi connectivity index (χ0) is 11.4. The summed E-state index contributed by atoms with van der Waals surface area (Å²) in [5.74, 6) is 0. The molecule has 0 fully saturated rings. The van der Waals surface area contributed by atoms with E-state index < -0.39 is 0 Å². The lowest BCUT2D eigenvalue weighted by molar-refractivity contribution is 0.277. The minimum absolute atomic E-state index is 0.636. The summed E-state index contributed by atoms with van der Waals surface area (Å²) in [6.45, 7) is 9.96. The van der Waals surface area contributed by atoms with Crippen LogP contribution in [-0.4, -0.2) is 24.5 Å². The van der Waals surface area contributed by atoms with Gasteiger partial charge in [0.2, 0.25) is 0 Å². The maximum absolute atomic E-state index is 2.38. The number of hydrogen-bond acceptors (Lipinski definition) is 1. The largest absolute Gasteiger partial charge is 0.304 e. The third-order valence-electron chi connectivity index (χ3n) is 3.21. The van der Waals surface area contributed by atoms with Gasteiger partial charge >= 0.3 is 0 Å². The molecule has 0 radical (unpaired) electrons. The van der Waals surface area contributed by atoms with E-state index in [0.29, 0.717) is 6.04 Å². The molecule has 0 aromatic heterocycles. The van der Waals surface area contributed by atoms with Gasteiger partial charge in [0.25, 0.3) is 0 Å². The van der Waals surface area contributed by atoms with Crippen molar-refractivity contribution >= 4 is 0 Å². The first-order chi connectivity index (χ1) is 7.00. The molecule has 0 amide bonds. The quantitative estimate of drug-likeness (QED) is 0.729. The SMILES string of the molecule is Cc1ccc(CCN(C)C(C)C)cc1C. The van der Waals surface area contributed by atoms with E-state index in [1.165, 1.54) is 16.7 Å². The van der Waals surface area contributed by atoms with E-state index in [-0.39, 0.29) is 0 Å². The highest BCUT2D eigenvalue weighted by Gasteiger charge is 2.03. The van der Waals surface area contributed by atoms with Gasteiger partial charge in [-0.3, -0.25) is 0 Å². The van der Waals surface area contributed by atoms with Gasteiger partial charge in [0.15, 0.2) is 0 Å². The van der Waals surface area contributed by atoms with Crippen molar-refractivity contribution in [2.75, 3.05) is 13.6 Å². The van der Waals surface area contributed by atoms with Gasteiger partial charge in [-0.05, 0) is 57.9 Å². The van der Waals surface area contributed by atoms with Gasteiger partial charge in [0.05, 0.1) is 0 Å². The Balaban J connectivity index is 2.55. The molecule has 1 aromatic rings. The highest BCUT2D eigenvalue weighted by atomic mass is 15.1. The molecule has 0 bridgehead atoms. The fraction of sp³-hybridized carbons (Fsp3) is 0.571. The first-order valence-corrected chi connectivity index (χ1v) is 5.77. The third-order valence-corrected chi connectivity index (χ3v) is 3.21. The van der Waals surface area contributed by atoms with Gasteiger partial charge < -0.3 is 4.90 Å². The van der Waals surface area contributed by atoms with Crippen LogP contribution in [0, 0.1) is 13.8 Å². The van der Waals surface area contributed by atoms with Crippen molar-refractivity contribution in [2.45, 2.75) is 40.2 Å². The van der Waals surface area contributed by atoms with E-state index in [2.05, 4.69) is 57.8 Å². The summed E-state index contributed by atoms with van der Waals surface area (Å²) in [4.78, 5) is 2.38. The minimum Gasteiger partial charge on any atom is -0.304 e. The van der Waals surface area contributed by atoms with Crippen LogP contribution < -0.4 is 0 Å². The van der Waals surface area contributed by atoms with E-state index in [4.69, 9.17) is 0 Å². The van der Waals surface area contributed by atoms with Gasteiger partial charge in [0, 0.05) is 12.6 Å². The summed E-state index contributed by atoms with van der Waals surface area (Å²) in [5, 5.41) is 0. The molecule has 1 heteroatoms. The molecule has 1 nitrogen and oxygen atoms in total. The Kier molecular flexibility index (Phi) is 4.34. The van der Waals surface area contributed by atoms with Crippen LogP contribution >= 0.6 is 0 Å². The highest BCUT2D eigenvalue weighted by Crippen LogP contribution is 2.10. The molecular weight excluding hydrogens is 182 g/mol. The lowest BCUT2D eigenvalue weighted by Gasteiger charge is -2.20. The van der Waals surface area contributed by atoms with E-state index in [1.807, 2.05) is 0 Å². The molecule has 84 valence electrons. The van der Waals surface area contributed by atoms with Gasteiger partial charge in [-0.2, -0.15) is 0 Å². The molecule has 0 unspecified atom stereocenters. The molecule has 0 atom stereocenters. The Bertz CT molecular complexity index is 315. The molecule has 1 rings (SSSR count). The fourth-order valence-corrected chi connectivity index (χ4v) is 1.52. The second kappa shape index (κ2) is 5.32. The maximum Gasteiger partial charge on any atom is 0.00356 e. The standard InChI is InChI=1S/C14H23N/c1-11(2)15(5)9-8-14-7-6-12(3)13(4)10-14/h6-7,10-11H,8-9H2,1-5H3. The Morgan fingerprint density at radius 1 is 1.13 bits per heavy atom. The molecule has 0 heterocycles. The van der Waals surface area contributed by atoms with Crippen LogP contribution in [0.4, 0.5) is 0 Å². The summed E-state index contributed by atoms with van der Waals surface area (Å²) in [7, 11) is 2.19. The molecule has 0 aliphatic rings. The number of nitrogens with zero attached hydrogens (tertiary/aromatic N) is 1. The monoisotopic (exact) mass is 205 g/mol. The Morgan fingerprint density at radius 3 is 2.33 bits per heavy atom. The Morgan fingerprint density at radius 2 is 1.80 bits per heavy atom. The van der Waals surface area contributed by atoms with E-state index in [1.54, 1.807) is 0 Å². The van der Waals surface area contributed by atoms with Crippen LogP contribution in [0.2, 0.25) is 0 Å². The summed E-state index contributed by atoms with van der Waals surface area (Å²) in [6.07, 6.45) is 1.15. The van der Waals surface area contributed by atoms with E-state index in [9.17, 15) is 0 Å². The van der Waals surface area contributed by atoms with Crippen LogP contribution in [0.3, 0.4) is 0 Å². The number of benzene rings is 1. The molecule has 0 aliphatic carbocycles. The van der Waals surface area contributed by atoms with Crippen LogP contribution in [-0.2, 0) is 6.42 Å². The predicted octanol–water partition coefficient (Wildman–Crippen LogP) is 3.19. The van der Waals surface area contributed by atoms with E-state index >= 15 is 0 Å². The lowest BCUT2D eigenvalue weighted by Crippen LogP contribution is -2.28. The van der Waals surface area contributed by atoms with Crippen molar-refractivity contribution in [2.24, 2.45) is 0 Å². The predicted molar refractivity (Wildman–Crippen MR) is 67.4 cm³/mol. The summed E-state index contributed by atoms with van der Waals surface area (Å²) >= 11 is 0. The van der Waals surface area contributed by atoms with Crippen molar-refractivity contribution in [1.82, 2.24) is 4.90 Å². The molecule has 0 N–H and O–H groups in total. The molecular formula is C14H23N. The van der Waals surface area contributed by atoms with Gasteiger partial charge in [-0.15, -0.1) is 0 Å². The van der Waals surface area contributed by atoms with Crippen molar-refractivity contribution in [3.63, 3.8) is 0 Å². The van der Waals surface area contributed by atoms with Gasteiger partial charge in [-0.25, -0.2) is 0 Å². The van der Waals surface area contributed by atoms with Crippen molar-refractivity contribution in [1.29, 1.82) is 0 Å². The van der Waals surface area contributed by atoms with Crippen LogP contribution in [0.5, 0.6) is 0 Å². The molecule has 0 spiro atoms. The summed E-state index contributed by atoms with van der Waals surface area (Å²) < 4.78 is 0. The molecule has 1 aromatic carbocycles. The summed E-state index contributed by atoms with van der Waals surface area (Å²) in [5.41, 5.74) is 4.24. The number of rotatable bonds is 4. The number of likely N-dealkylation sites (N-methyl/N-ethyl adjacent to an activating group) is 1. The number of hydrogen-bond donors (Lipinski definition) is 0. The Hall–Kier alpha value is -0.820. The first-order valence-electron chi connectivity index (χ1n) is 5.77. The smallest absolute Gasteiger partial charge is 0.00356 e. The molecule has 15 heavy (non-hydrogen) atoms. The van der Waals surface area contributed by atoms with Gasteiger partial charge in [0.1, 0.15) is 0 Å². The van der Waals surface area contributed by atoms with E-state index in [0.717, 1.165) is 13.0 Å². The number of aryl methyl sites for hydroxylation is 2. The molecule has 0 saturated heterocycles. The average Bonchev–Trinajstić information content (AvgIpc) is 2.19. The zero-order valence-electron chi connectivity index (χ0n) is 10.7. The second-order valence-corrected chi connectivity index (χ2v) is 4.74. The molecule has 0 saturated carbocycles. The summed E-state index contributed by atoms with van der Waals surface area (Å²) in [6, 6.07) is 7.41. The minimum atomic E-state index is 0.636. The van der Waals surface area contributed by atoms with Gasteiger partial charge in [-0.1, -0.05) is 18.2 Å². The maximum atomic E-state index is 2.38. The normalized spacial score (nSPS) is 11.4. The molecule has 0 aliphatic heterocycles. The third kappa shape index (κ3) is 3.67. The average molecular weight is 205 g/mol. The van der Waals surface area contributed by atoms with Crippen LogP contribution in [0.1, 0.15) is 30.5 Å². The van der Waals surface area contributed by atoms with Crippen LogP contribution in [0.25, 0.3) is 0 Å². The van der Waals surface area contributed by atoms with Crippen molar-refractivity contribution in [3.05, 3.63) is 34.9 Å². The Labute approximate surface area is 94.1 Å². The highest BCUT2D eigenvalue weighted by molar-refractivity contribution is 5.30. The zero-order valence-corrected chi connectivity index (χ0v) is 10.7.